The van der Waals surface area contributed by atoms with Gasteiger partial charge in [-0.3, -0.25) is 4.79 Å². The van der Waals surface area contributed by atoms with Crippen LogP contribution < -0.4 is 0 Å². The van der Waals surface area contributed by atoms with Crippen molar-refractivity contribution in [1.29, 1.82) is 0 Å². The van der Waals surface area contributed by atoms with Crippen molar-refractivity contribution in [3.05, 3.63) is 71.2 Å². The Morgan fingerprint density at radius 1 is 1.16 bits per heavy atom. The minimum atomic E-state index is -4.39. The van der Waals surface area contributed by atoms with Crippen molar-refractivity contribution in [2.45, 2.75) is 37.2 Å². The second-order valence-electron chi connectivity index (χ2n) is 7.40. The molecule has 0 bridgehead atoms. The summed E-state index contributed by atoms with van der Waals surface area (Å²) in [6, 6.07) is 10.6. The molecule has 32 heavy (non-hydrogen) atoms. The van der Waals surface area contributed by atoms with Crippen molar-refractivity contribution in [3.63, 3.8) is 0 Å². The molecule has 0 aliphatic carbocycles. The smallest absolute Gasteiger partial charge is 0.416 e. The van der Waals surface area contributed by atoms with E-state index in [-0.39, 0.29) is 12.4 Å². The van der Waals surface area contributed by atoms with Gasteiger partial charge in [-0.05, 0) is 61.9 Å². The lowest BCUT2D eigenvalue weighted by molar-refractivity contribution is -0.138. The van der Waals surface area contributed by atoms with Crippen LogP contribution in [-0.4, -0.2) is 20.6 Å². The van der Waals surface area contributed by atoms with Gasteiger partial charge in [0.25, 0.3) is 0 Å². The second-order valence-corrected chi connectivity index (χ2v) is 8.45. The number of nitrogens with zero attached hydrogens (tertiary/aromatic N) is 2. The number of aryl methyl sites for hydroxylation is 2. The van der Waals surface area contributed by atoms with Gasteiger partial charge in [-0.25, -0.2) is 4.98 Å². The maximum atomic E-state index is 12.8. The average Bonchev–Trinajstić information content (AvgIpc) is 3.25. The Balaban J connectivity index is 1.51. The fourth-order valence-corrected chi connectivity index (χ4v) is 4.39. The molecule has 0 amide bonds. The summed E-state index contributed by atoms with van der Waals surface area (Å²) in [5.41, 5.74) is 2.29. The van der Waals surface area contributed by atoms with Gasteiger partial charge in [-0.1, -0.05) is 0 Å². The summed E-state index contributed by atoms with van der Waals surface area (Å²) in [6.45, 7) is 3.64. The number of hydrogen-bond donors (Lipinski definition) is 1. The van der Waals surface area contributed by atoms with Crippen molar-refractivity contribution >= 4 is 28.6 Å². The Hall–Kier alpha value is -3.20. The first-order valence-corrected chi connectivity index (χ1v) is 10.7. The van der Waals surface area contributed by atoms with Gasteiger partial charge in [0.05, 0.1) is 17.0 Å². The minimum Gasteiger partial charge on any atom is -0.480 e. The summed E-state index contributed by atoms with van der Waals surface area (Å²) in [6.07, 6.45) is -2.56. The SMILES string of the molecule is Cc1nc(-c2ccc(C(F)(F)F)cc2)oc1CSc1ccc2c(c1)c(C)cn2CC(=O)O. The predicted molar refractivity (Wildman–Crippen MR) is 116 cm³/mol. The number of halogens is 3. The fraction of sp³-hybridized carbons (Fsp3) is 0.217. The zero-order chi connectivity index (χ0) is 23.0. The van der Waals surface area contributed by atoms with Crippen LogP contribution in [0.4, 0.5) is 13.2 Å². The number of oxazole rings is 1. The molecule has 4 rings (SSSR count). The maximum Gasteiger partial charge on any atom is 0.416 e. The van der Waals surface area contributed by atoms with E-state index in [2.05, 4.69) is 4.98 Å². The Morgan fingerprint density at radius 2 is 1.88 bits per heavy atom. The molecular weight excluding hydrogens is 441 g/mol. The van der Waals surface area contributed by atoms with E-state index >= 15 is 0 Å². The molecule has 9 heteroatoms. The van der Waals surface area contributed by atoms with E-state index in [4.69, 9.17) is 9.52 Å². The van der Waals surface area contributed by atoms with Gasteiger partial charge in [-0.15, -0.1) is 11.8 Å². The number of benzene rings is 2. The van der Waals surface area contributed by atoms with E-state index in [9.17, 15) is 18.0 Å². The lowest BCUT2D eigenvalue weighted by Gasteiger charge is -2.06. The zero-order valence-corrected chi connectivity index (χ0v) is 18.0. The third kappa shape index (κ3) is 4.52. The van der Waals surface area contributed by atoms with Crippen LogP contribution in [0.3, 0.4) is 0 Å². The van der Waals surface area contributed by atoms with Crippen LogP contribution in [0.15, 0.2) is 58.0 Å². The third-order valence-electron chi connectivity index (χ3n) is 5.08. The minimum absolute atomic E-state index is 0.0964. The molecule has 166 valence electrons. The summed E-state index contributed by atoms with van der Waals surface area (Å²) in [5, 5.41) is 10.1. The maximum absolute atomic E-state index is 12.8. The van der Waals surface area contributed by atoms with Crippen LogP contribution in [0.1, 0.15) is 22.6 Å². The second kappa shape index (κ2) is 8.38. The zero-order valence-electron chi connectivity index (χ0n) is 17.2. The largest absolute Gasteiger partial charge is 0.480 e. The summed E-state index contributed by atoms with van der Waals surface area (Å²) in [5.74, 6) is 0.527. The van der Waals surface area contributed by atoms with Gasteiger partial charge in [0.1, 0.15) is 12.3 Å². The molecule has 2 aromatic heterocycles. The van der Waals surface area contributed by atoms with Crippen molar-refractivity contribution in [3.8, 4) is 11.5 Å². The van der Waals surface area contributed by atoms with Crippen LogP contribution in [-0.2, 0) is 23.3 Å². The summed E-state index contributed by atoms with van der Waals surface area (Å²) in [4.78, 5) is 16.4. The van der Waals surface area contributed by atoms with Gasteiger partial charge >= 0.3 is 12.1 Å². The van der Waals surface area contributed by atoms with E-state index in [1.165, 1.54) is 12.1 Å². The van der Waals surface area contributed by atoms with Gasteiger partial charge in [0, 0.05) is 27.6 Å². The first kappa shape index (κ1) is 22.0. The number of aliphatic carboxylic acids is 1. The van der Waals surface area contributed by atoms with Crippen molar-refractivity contribution in [2.24, 2.45) is 0 Å². The molecule has 0 spiro atoms. The molecule has 0 atom stereocenters. The van der Waals surface area contributed by atoms with E-state index in [1.54, 1.807) is 23.3 Å². The highest BCUT2D eigenvalue weighted by Gasteiger charge is 2.30. The van der Waals surface area contributed by atoms with E-state index in [0.29, 0.717) is 22.8 Å². The Bertz CT molecular complexity index is 1290. The number of carbonyl (C=O) groups is 1. The van der Waals surface area contributed by atoms with E-state index in [1.807, 2.05) is 31.3 Å². The molecule has 0 aliphatic heterocycles. The molecular formula is C23H19F3N2O3S. The number of fused-ring (bicyclic) bond motifs is 1. The topological polar surface area (TPSA) is 68.3 Å². The average molecular weight is 460 g/mol. The lowest BCUT2D eigenvalue weighted by atomic mass is 10.1. The number of hydrogen-bond acceptors (Lipinski definition) is 4. The highest BCUT2D eigenvalue weighted by atomic mass is 32.2. The molecule has 0 unspecified atom stereocenters. The van der Waals surface area contributed by atoms with Gasteiger partial charge in [-0.2, -0.15) is 13.2 Å². The van der Waals surface area contributed by atoms with Gasteiger partial charge in [0.15, 0.2) is 0 Å². The molecule has 4 aromatic rings. The van der Waals surface area contributed by atoms with Crippen LogP contribution in [0.5, 0.6) is 0 Å². The number of alkyl halides is 3. The number of carboxylic acid groups (broad SMARTS) is 1. The number of aromatic nitrogens is 2. The molecule has 0 fully saturated rings. The first-order chi connectivity index (χ1) is 15.1. The molecule has 1 N–H and O–H groups in total. The monoisotopic (exact) mass is 460 g/mol. The van der Waals surface area contributed by atoms with Crippen LogP contribution >= 0.6 is 11.8 Å². The quantitative estimate of drug-likeness (QED) is 0.342. The molecule has 0 radical (unpaired) electrons. The van der Waals surface area contributed by atoms with Gasteiger partial charge in [0.2, 0.25) is 5.89 Å². The highest BCUT2D eigenvalue weighted by molar-refractivity contribution is 7.98. The highest BCUT2D eigenvalue weighted by Crippen LogP contribution is 2.33. The molecule has 5 nitrogen and oxygen atoms in total. The summed E-state index contributed by atoms with van der Waals surface area (Å²) in [7, 11) is 0. The first-order valence-electron chi connectivity index (χ1n) is 9.70. The van der Waals surface area contributed by atoms with Crippen molar-refractivity contribution in [1.82, 2.24) is 9.55 Å². The van der Waals surface area contributed by atoms with Gasteiger partial charge < -0.3 is 14.1 Å². The number of carboxylic acids is 1. The Kier molecular flexibility index (Phi) is 5.77. The van der Waals surface area contributed by atoms with E-state index in [0.717, 1.165) is 33.5 Å². The van der Waals surface area contributed by atoms with E-state index < -0.39 is 17.7 Å². The molecule has 2 aromatic carbocycles. The normalized spacial score (nSPS) is 11.9. The van der Waals surface area contributed by atoms with Crippen molar-refractivity contribution < 1.29 is 27.5 Å². The Morgan fingerprint density at radius 3 is 2.53 bits per heavy atom. The molecule has 2 heterocycles. The van der Waals surface area contributed by atoms with Crippen molar-refractivity contribution in [2.75, 3.05) is 0 Å². The Labute approximate surface area is 185 Å². The number of thioether (sulfide) groups is 1. The fourth-order valence-electron chi connectivity index (χ4n) is 3.46. The molecule has 0 aliphatic rings. The summed E-state index contributed by atoms with van der Waals surface area (Å²) >= 11 is 1.54. The lowest BCUT2D eigenvalue weighted by Crippen LogP contribution is -2.07. The van der Waals surface area contributed by atoms with Crippen LogP contribution in [0, 0.1) is 13.8 Å². The summed E-state index contributed by atoms with van der Waals surface area (Å²) < 4.78 is 45.8. The third-order valence-corrected chi connectivity index (χ3v) is 6.07. The predicted octanol–water partition coefficient (Wildman–Crippen LogP) is 6.31. The standard InChI is InChI=1S/C23H19F3N2O3S/c1-13-10-28(11-21(29)30)19-8-7-17(9-18(13)19)32-12-20-14(2)27-22(31-20)15-3-5-16(6-4-15)23(24,25)26/h3-10H,11-12H2,1-2H3,(H,29,30). The molecule has 0 saturated carbocycles. The molecule has 0 saturated heterocycles. The van der Waals surface area contributed by atoms with Crippen LogP contribution in [0.2, 0.25) is 0 Å². The number of rotatable bonds is 6. The van der Waals surface area contributed by atoms with Crippen LogP contribution in [0.25, 0.3) is 22.4 Å².